The van der Waals surface area contributed by atoms with Gasteiger partial charge in [0.05, 0.1) is 17.9 Å². The highest BCUT2D eigenvalue weighted by Gasteiger charge is 2.40. The lowest BCUT2D eigenvalue weighted by atomic mass is 10.1. The topological polar surface area (TPSA) is 105 Å². The number of para-hydroxylation sites is 2. The lowest BCUT2D eigenvalue weighted by Gasteiger charge is -2.10. The number of halogens is 3. The maximum atomic E-state index is 12.4. The fraction of sp³-hybridized carbons (Fsp3) is 0.259. The third-order valence-electron chi connectivity index (χ3n) is 5.99. The van der Waals surface area contributed by atoms with E-state index in [4.69, 9.17) is 10.5 Å². The molecule has 1 saturated carbocycles. The zero-order valence-corrected chi connectivity index (χ0v) is 19.8. The van der Waals surface area contributed by atoms with E-state index in [1.165, 1.54) is 0 Å². The van der Waals surface area contributed by atoms with Gasteiger partial charge in [-0.2, -0.15) is 13.2 Å². The van der Waals surface area contributed by atoms with Crippen LogP contribution in [0.5, 0.6) is 0 Å². The highest BCUT2D eigenvalue weighted by Crippen LogP contribution is 2.41. The van der Waals surface area contributed by atoms with Crippen molar-refractivity contribution in [3.05, 3.63) is 95.1 Å². The molecule has 37 heavy (non-hydrogen) atoms. The maximum Gasteiger partial charge on any atom is 0.407 e. The lowest BCUT2D eigenvalue weighted by Crippen LogP contribution is -2.30. The number of ether oxygens (including phenoxy) is 1. The Bertz CT molecular complexity index is 1230. The Morgan fingerprint density at radius 3 is 2.30 bits per heavy atom. The van der Waals surface area contributed by atoms with E-state index in [0.717, 1.165) is 16.7 Å². The van der Waals surface area contributed by atoms with Gasteiger partial charge in [0, 0.05) is 24.1 Å². The van der Waals surface area contributed by atoms with Gasteiger partial charge in [-0.15, -0.1) is 0 Å². The number of alkyl carbamates (subject to hydrolysis) is 1. The number of anilines is 2. The first kappa shape index (κ1) is 26.0. The second-order valence-corrected chi connectivity index (χ2v) is 8.85. The van der Waals surface area contributed by atoms with Crippen molar-refractivity contribution >= 4 is 23.4 Å². The van der Waals surface area contributed by atoms with E-state index in [2.05, 4.69) is 16.0 Å². The molecule has 1 fully saturated rings. The molecule has 1 aliphatic rings. The van der Waals surface area contributed by atoms with Crippen molar-refractivity contribution in [3.63, 3.8) is 0 Å². The van der Waals surface area contributed by atoms with Crippen LogP contribution < -0.4 is 21.7 Å². The summed E-state index contributed by atoms with van der Waals surface area (Å²) in [5.41, 5.74) is 9.82. The summed E-state index contributed by atoms with van der Waals surface area (Å²) in [6, 6.07) is 20.9. The number of rotatable bonds is 9. The average Bonchev–Trinajstić information content (AvgIpc) is 3.66. The van der Waals surface area contributed by atoms with Gasteiger partial charge in [0.2, 0.25) is 0 Å². The molecule has 3 aromatic carbocycles. The summed E-state index contributed by atoms with van der Waals surface area (Å²) in [5.74, 6) is -0.229. The number of benzene rings is 3. The second-order valence-electron chi connectivity index (χ2n) is 8.85. The van der Waals surface area contributed by atoms with E-state index in [1.807, 2.05) is 12.1 Å². The van der Waals surface area contributed by atoms with Gasteiger partial charge in [-0.1, -0.05) is 48.5 Å². The molecule has 0 spiro atoms. The van der Waals surface area contributed by atoms with Crippen LogP contribution in [0.2, 0.25) is 0 Å². The van der Waals surface area contributed by atoms with Crippen molar-refractivity contribution in [2.24, 2.45) is 0 Å². The molecule has 10 heteroatoms. The van der Waals surface area contributed by atoms with Crippen LogP contribution in [0.3, 0.4) is 0 Å². The van der Waals surface area contributed by atoms with Crippen molar-refractivity contribution in [2.45, 2.75) is 37.7 Å². The zero-order valence-electron chi connectivity index (χ0n) is 19.8. The van der Waals surface area contributed by atoms with Crippen LogP contribution in [0, 0.1) is 0 Å². The number of hydrogen-bond acceptors (Lipinski definition) is 5. The predicted molar refractivity (Wildman–Crippen MR) is 134 cm³/mol. The Hall–Kier alpha value is -4.05. The summed E-state index contributed by atoms with van der Waals surface area (Å²) in [7, 11) is 0. The maximum absolute atomic E-state index is 12.4. The molecule has 194 valence electrons. The van der Waals surface area contributed by atoms with E-state index in [9.17, 15) is 22.8 Å². The van der Waals surface area contributed by atoms with Crippen LogP contribution in [-0.2, 0) is 17.9 Å². The van der Waals surface area contributed by atoms with E-state index >= 15 is 0 Å². The summed E-state index contributed by atoms with van der Waals surface area (Å²) in [5, 5.41) is 7.94. The van der Waals surface area contributed by atoms with Gasteiger partial charge in [-0.05, 0) is 47.4 Å². The average molecular weight is 513 g/mol. The fourth-order valence-electron chi connectivity index (χ4n) is 3.85. The number of hydrogen-bond donors (Lipinski definition) is 4. The van der Waals surface area contributed by atoms with E-state index in [0.29, 0.717) is 23.4 Å². The number of alkyl halides is 3. The predicted octanol–water partition coefficient (Wildman–Crippen LogP) is 4.96. The highest BCUT2D eigenvalue weighted by molar-refractivity contribution is 6.05. The Morgan fingerprint density at radius 2 is 1.62 bits per heavy atom. The van der Waals surface area contributed by atoms with Gasteiger partial charge in [0.25, 0.3) is 5.91 Å². The Morgan fingerprint density at radius 1 is 0.946 bits per heavy atom. The van der Waals surface area contributed by atoms with Crippen LogP contribution in [0.15, 0.2) is 72.8 Å². The summed E-state index contributed by atoms with van der Waals surface area (Å²) in [6.45, 7) is -0.702. The smallest absolute Gasteiger partial charge is 0.407 e. The van der Waals surface area contributed by atoms with E-state index in [-0.39, 0.29) is 31.0 Å². The third-order valence-corrected chi connectivity index (χ3v) is 5.99. The van der Waals surface area contributed by atoms with Gasteiger partial charge >= 0.3 is 12.3 Å². The molecule has 2 unspecified atom stereocenters. The standard InChI is InChI=1S/C27H27F3N4O3/c28-27(29,30)16-33-24-13-21(24)19-9-7-18(8-10-19)15-37-26(36)32-14-17-5-11-20(12-6-17)25(35)34-23-4-2-1-3-22(23)31/h1-12,21,24,33H,13-16,31H2,(H,32,36)(H,34,35). The molecule has 0 radical (unpaired) electrons. The number of nitrogen functional groups attached to an aromatic ring is 1. The number of carbonyl (C=O) groups excluding carboxylic acids is 2. The van der Waals surface area contributed by atoms with Crippen LogP contribution in [-0.4, -0.2) is 30.8 Å². The zero-order chi connectivity index (χ0) is 26.4. The molecule has 7 nitrogen and oxygen atoms in total. The molecule has 2 amide bonds. The Balaban J connectivity index is 1.17. The molecule has 0 aromatic heterocycles. The quantitative estimate of drug-likeness (QED) is 0.304. The van der Waals surface area contributed by atoms with Crippen LogP contribution >= 0.6 is 0 Å². The normalized spacial score (nSPS) is 16.6. The van der Waals surface area contributed by atoms with Crippen molar-refractivity contribution in [3.8, 4) is 0 Å². The van der Waals surface area contributed by atoms with Gasteiger partial charge in [-0.25, -0.2) is 4.79 Å². The molecule has 0 aliphatic heterocycles. The number of carbonyl (C=O) groups is 2. The van der Waals surface area contributed by atoms with E-state index in [1.54, 1.807) is 60.7 Å². The number of nitrogens with one attached hydrogen (secondary N) is 3. The summed E-state index contributed by atoms with van der Waals surface area (Å²) in [6.07, 6.45) is -4.14. The number of amides is 2. The molecule has 0 heterocycles. The van der Waals surface area contributed by atoms with Crippen LogP contribution in [0.4, 0.5) is 29.3 Å². The SMILES string of the molecule is Nc1ccccc1NC(=O)c1ccc(CNC(=O)OCc2ccc(C3CC3NCC(F)(F)F)cc2)cc1. The summed E-state index contributed by atoms with van der Waals surface area (Å²) >= 11 is 0. The molecular weight excluding hydrogens is 485 g/mol. The minimum atomic E-state index is -4.22. The van der Waals surface area contributed by atoms with Crippen molar-refractivity contribution in [1.82, 2.24) is 10.6 Å². The first-order chi connectivity index (χ1) is 17.7. The lowest BCUT2D eigenvalue weighted by molar-refractivity contribution is -0.125. The molecule has 2 atom stereocenters. The largest absolute Gasteiger partial charge is 0.445 e. The first-order valence-corrected chi connectivity index (χ1v) is 11.7. The van der Waals surface area contributed by atoms with Gasteiger partial charge < -0.3 is 26.4 Å². The minimum absolute atomic E-state index is 0.0637. The Labute approximate surface area is 212 Å². The molecule has 0 saturated heterocycles. The molecule has 0 bridgehead atoms. The third kappa shape index (κ3) is 7.71. The molecule has 3 aromatic rings. The van der Waals surface area contributed by atoms with Gasteiger partial charge in [-0.3, -0.25) is 4.79 Å². The molecular formula is C27H27F3N4O3. The Kier molecular flexibility index (Phi) is 7.98. The summed E-state index contributed by atoms with van der Waals surface area (Å²) in [4.78, 5) is 24.5. The van der Waals surface area contributed by atoms with Crippen molar-refractivity contribution in [2.75, 3.05) is 17.6 Å². The summed E-state index contributed by atoms with van der Waals surface area (Å²) < 4.78 is 42.2. The molecule has 1 aliphatic carbocycles. The van der Waals surface area contributed by atoms with Gasteiger partial charge in [0.1, 0.15) is 6.61 Å². The monoisotopic (exact) mass is 512 g/mol. The van der Waals surface area contributed by atoms with Crippen molar-refractivity contribution < 1.29 is 27.5 Å². The highest BCUT2D eigenvalue weighted by atomic mass is 19.4. The van der Waals surface area contributed by atoms with Crippen LogP contribution in [0.25, 0.3) is 0 Å². The van der Waals surface area contributed by atoms with Crippen LogP contribution in [0.1, 0.15) is 39.4 Å². The fourth-order valence-corrected chi connectivity index (χ4v) is 3.85. The van der Waals surface area contributed by atoms with Gasteiger partial charge in [0.15, 0.2) is 0 Å². The first-order valence-electron chi connectivity index (χ1n) is 11.7. The second kappa shape index (κ2) is 11.3. The van der Waals surface area contributed by atoms with Crippen molar-refractivity contribution in [1.29, 1.82) is 0 Å². The number of nitrogens with two attached hydrogens (primary N) is 1. The molecule has 5 N–H and O–H groups in total. The van der Waals surface area contributed by atoms with E-state index < -0.39 is 18.8 Å². The molecule has 4 rings (SSSR count). The minimum Gasteiger partial charge on any atom is -0.445 e.